The number of hydrogen-bond acceptors (Lipinski definition) is 3. The van der Waals surface area contributed by atoms with Crippen molar-refractivity contribution in [3.05, 3.63) is 53.5 Å². The van der Waals surface area contributed by atoms with E-state index in [1.807, 2.05) is 0 Å². The Kier molecular flexibility index (Phi) is 8.18. The summed E-state index contributed by atoms with van der Waals surface area (Å²) in [6.45, 7) is 7.77. The summed E-state index contributed by atoms with van der Waals surface area (Å²) >= 11 is 0. The molecule has 2 aliphatic carbocycles. The van der Waals surface area contributed by atoms with Crippen molar-refractivity contribution in [2.24, 2.45) is 11.3 Å². The first kappa shape index (κ1) is 22.9. The molecule has 5 heteroatoms. The summed E-state index contributed by atoms with van der Waals surface area (Å²) in [7, 11) is 0. The van der Waals surface area contributed by atoms with Crippen LogP contribution in [0, 0.1) is 22.6 Å². The van der Waals surface area contributed by atoms with Crippen LogP contribution in [0.25, 0.3) is 0 Å². The molecule has 0 aliphatic heterocycles. The maximum Gasteiger partial charge on any atom is 0.217 e. The standard InChI is InChI=1S/C22H29FN2O.C2H5N/c1-4-19(24-15(2)26)13-16-5-6-17-14-21(11-12-22(16,17)3)25-20-9-7-18(23)8-10-20;1-2-3/h7-11,14,16,19,25H,4-6,12-13H2,1-3H3,(H,24,26);2-3H,1H3/t16-,19?,22-;/m1./s1. The van der Waals surface area contributed by atoms with Gasteiger partial charge >= 0.3 is 0 Å². The minimum Gasteiger partial charge on any atom is -0.356 e. The van der Waals surface area contributed by atoms with Crippen LogP contribution in [0.1, 0.15) is 59.8 Å². The van der Waals surface area contributed by atoms with Gasteiger partial charge in [0, 0.05) is 24.4 Å². The molecule has 3 N–H and O–H groups in total. The highest BCUT2D eigenvalue weighted by Gasteiger charge is 2.43. The minimum absolute atomic E-state index is 0.0603. The van der Waals surface area contributed by atoms with Gasteiger partial charge in [-0.15, -0.1) is 0 Å². The van der Waals surface area contributed by atoms with Crippen LogP contribution in [-0.2, 0) is 4.79 Å². The highest BCUT2D eigenvalue weighted by molar-refractivity contribution is 5.73. The normalized spacial score (nSPS) is 23.6. The van der Waals surface area contributed by atoms with Gasteiger partial charge in [-0.2, -0.15) is 0 Å². The summed E-state index contributed by atoms with van der Waals surface area (Å²) in [6.07, 6.45) is 11.1. The number of carbonyl (C=O) groups excluding carboxylic acids is 1. The second kappa shape index (κ2) is 10.4. The number of halogens is 1. The molecule has 0 aromatic heterocycles. The van der Waals surface area contributed by atoms with Crippen molar-refractivity contribution >= 4 is 17.8 Å². The molecule has 0 spiro atoms. The predicted molar refractivity (Wildman–Crippen MR) is 119 cm³/mol. The second-order valence-corrected chi connectivity index (χ2v) is 8.15. The van der Waals surface area contributed by atoms with Crippen molar-refractivity contribution in [2.45, 2.75) is 65.8 Å². The Bertz CT molecular complexity index is 769. The number of rotatable bonds is 6. The molecule has 3 rings (SSSR count). The number of amides is 1. The van der Waals surface area contributed by atoms with Crippen molar-refractivity contribution in [3.63, 3.8) is 0 Å². The fourth-order valence-electron chi connectivity index (χ4n) is 4.42. The van der Waals surface area contributed by atoms with Crippen molar-refractivity contribution < 1.29 is 9.18 Å². The van der Waals surface area contributed by atoms with Crippen LogP contribution in [-0.4, -0.2) is 18.2 Å². The van der Waals surface area contributed by atoms with Crippen molar-refractivity contribution in [2.75, 3.05) is 5.32 Å². The van der Waals surface area contributed by atoms with Crippen LogP contribution in [0.3, 0.4) is 0 Å². The van der Waals surface area contributed by atoms with Gasteiger partial charge in [-0.3, -0.25) is 4.79 Å². The summed E-state index contributed by atoms with van der Waals surface area (Å²) < 4.78 is 13.1. The van der Waals surface area contributed by atoms with E-state index >= 15 is 0 Å². The van der Waals surface area contributed by atoms with Crippen LogP contribution >= 0.6 is 0 Å². The molecule has 158 valence electrons. The monoisotopic (exact) mass is 399 g/mol. The number of anilines is 1. The third kappa shape index (κ3) is 6.02. The summed E-state index contributed by atoms with van der Waals surface area (Å²) in [4.78, 5) is 11.4. The highest BCUT2D eigenvalue weighted by atomic mass is 19.1. The summed E-state index contributed by atoms with van der Waals surface area (Å²) in [5.74, 6) is 0.432. The van der Waals surface area contributed by atoms with Gasteiger partial charge in [0.25, 0.3) is 0 Å². The summed E-state index contributed by atoms with van der Waals surface area (Å²) in [5.41, 5.74) is 3.68. The number of carbonyl (C=O) groups is 1. The number of benzene rings is 1. The molecule has 1 amide bonds. The number of fused-ring (bicyclic) bond motifs is 1. The van der Waals surface area contributed by atoms with Gasteiger partial charge in [0.05, 0.1) is 0 Å². The maximum atomic E-state index is 13.1. The van der Waals surface area contributed by atoms with E-state index in [-0.39, 0.29) is 23.2 Å². The van der Waals surface area contributed by atoms with Gasteiger partial charge in [-0.05, 0) is 86.9 Å². The molecule has 2 aliphatic rings. The molecule has 0 saturated heterocycles. The molecule has 1 aromatic rings. The second-order valence-electron chi connectivity index (χ2n) is 8.15. The largest absolute Gasteiger partial charge is 0.356 e. The van der Waals surface area contributed by atoms with E-state index < -0.39 is 0 Å². The van der Waals surface area contributed by atoms with Gasteiger partial charge < -0.3 is 16.0 Å². The molecule has 1 aromatic carbocycles. The zero-order valence-corrected chi connectivity index (χ0v) is 18.0. The van der Waals surface area contributed by atoms with E-state index in [0.717, 1.165) is 37.1 Å². The third-order valence-electron chi connectivity index (χ3n) is 6.07. The average Bonchev–Trinajstić information content (AvgIpc) is 2.99. The first-order valence-corrected chi connectivity index (χ1v) is 10.5. The van der Waals surface area contributed by atoms with E-state index in [9.17, 15) is 9.18 Å². The molecule has 1 unspecified atom stereocenters. The average molecular weight is 400 g/mol. The summed E-state index contributed by atoms with van der Waals surface area (Å²) in [5, 5.41) is 12.6. The highest BCUT2D eigenvalue weighted by Crippen LogP contribution is 2.54. The number of hydrogen-bond donors (Lipinski definition) is 3. The smallest absolute Gasteiger partial charge is 0.217 e. The lowest BCUT2D eigenvalue weighted by atomic mass is 9.70. The third-order valence-corrected chi connectivity index (χ3v) is 6.07. The van der Waals surface area contributed by atoms with Crippen LogP contribution in [0.4, 0.5) is 10.1 Å². The number of nitrogens with one attached hydrogen (secondary N) is 3. The van der Waals surface area contributed by atoms with Gasteiger partial charge in [-0.1, -0.05) is 25.5 Å². The molecule has 1 saturated carbocycles. The van der Waals surface area contributed by atoms with Crippen LogP contribution in [0.2, 0.25) is 0 Å². The Labute approximate surface area is 174 Å². The van der Waals surface area contributed by atoms with Gasteiger partial charge in [0.1, 0.15) is 5.82 Å². The topological polar surface area (TPSA) is 65.0 Å². The molecular weight excluding hydrogens is 365 g/mol. The van der Waals surface area contributed by atoms with E-state index in [1.54, 1.807) is 26.0 Å². The lowest BCUT2D eigenvalue weighted by Gasteiger charge is -2.37. The van der Waals surface area contributed by atoms with Crippen LogP contribution in [0.15, 0.2) is 47.7 Å². The molecule has 3 atom stereocenters. The SMILES string of the molecule is CC=N.CCC(C[C@H]1CCC2=CC(Nc3ccc(F)cc3)=CC[C@@]21C)NC(C)=O. The fraction of sp³-hybridized carbons (Fsp3) is 0.500. The Morgan fingerprint density at radius 1 is 1.38 bits per heavy atom. The molecule has 0 bridgehead atoms. The Morgan fingerprint density at radius 3 is 2.62 bits per heavy atom. The van der Waals surface area contributed by atoms with Crippen LogP contribution < -0.4 is 10.6 Å². The lowest BCUT2D eigenvalue weighted by molar-refractivity contribution is -0.119. The predicted octanol–water partition coefficient (Wildman–Crippen LogP) is 5.83. The van der Waals surface area contributed by atoms with Crippen LogP contribution in [0.5, 0.6) is 0 Å². The molecule has 4 nitrogen and oxygen atoms in total. The molecule has 29 heavy (non-hydrogen) atoms. The Hall–Kier alpha value is -2.43. The van der Waals surface area contributed by atoms with E-state index in [2.05, 4.69) is 36.6 Å². The van der Waals surface area contributed by atoms with Crippen molar-refractivity contribution in [1.82, 2.24) is 5.32 Å². The first-order valence-electron chi connectivity index (χ1n) is 10.5. The minimum atomic E-state index is -0.220. The van der Waals surface area contributed by atoms with E-state index in [4.69, 9.17) is 5.41 Å². The van der Waals surface area contributed by atoms with Crippen molar-refractivity contribution in [1.29, 1.82) is 5.41 Å². The molecule has 1 fully saturated rings. The molecule has 0 heterocycles. The maximum absolute atomic E-state index is 13.1. The van der Waals surface area contributed by atoms with E-state index in [1.165, 1.54) is 30.3 Å². The Balaban J connectivity index is 0.000000941. The lowest BCUT2D eigenvalue weighted by Crippen LogP contribution is -2.37. The summed E-state index contributed by atoms with van der Waals surface area (Å²) in [6, 6.07) is 6.73. The molecular formula is C24H34FN3O. The zero-order chi connectivity index (χ0) is 21.4. The Morgan fingerprint density at radius 2 is 2.03 bits per heavy atom. The van der Waals surface area contributed by atoms with Gasteiger partial charge in [0.15, 0.2) is 0 Å². The fourth-order valence-corrected chi connectivity index (χ4v) is 4.42. The van der Waals surface area contributed by atoms with Crippen molar-refractivity contribution in [3.8, 4) is 0 Å². The van der Waals surface area contributed by atoms with Gasteiger partial charge in [-0.25, -0.2) is 4.39 Å². The number of allylic oxidation sites excluding steroid dienone is 3. The van der Waals surface area contributed by atoms with Gasteiger partial charge in [0.2, 0.25) is 5.91 Å². The molecule has 0 radical (unpaired) electrons. The zero-order valence-electron chi connectivity index (χ0n) is 18.0. The quantitative estimate of drug-likeness (QED) is 0.527. The van der Waals surface area contributed by atoms with E-state index in [0.29, 0.717) is 5.92 Å². The first-order chi connectivity index (χ1) is 13.8.